The Hall–Kier alpha value is -1.96. The van der Waals surface area contributed by atoms with E-state index in [0.717, 1.165) is 0 Å². The van der Waals surface area contributed by atoms with Gasteiger partial charge in [-0.2, -0.15) is 0 Å². The van der Waals surface area contributed by atoms with Crippen molar-refractivity contribution in [2.75, 3.05) is 38.4 Å². The zero-order valence-corrected chi connectivity index (χ0v) is 13.6. The van der Waals surface area contributed by atoms with Crippen molar-refractivity contribution in [3.8, 4) is 11.5 Å². The number of nitrogens with zero attached hydrogens (tertiary/aromatic N) is 1. The first-order chi connectivity index (χ1) is 10.4. The van der Waals surface area contributed by atoms with Gasteiger partial charge in [-0.3, -0.25) is 0 Å². The molecule has 22 heavy (non-hydrogen) atoms. The Morgan fingerprint density at radius 1 is 1.23 bits per heavy atom. The first-order valence-electron chi connectivity index (χ1n) is 6.90. The summed E-state index contributed by atoms with van der Waals surface area (Å²) in [5.74, 6) is 1.22. The largest absolute Gasteiger partial charge is 0.497 e. The van der Waals surface area contributed by atoms with Gasteiger partial charge in [0.2, 0.25) is 0 Å². The van der Waals surface area contributed by atoms with E-state index < -0.39 is 15.1 Å². The molecule has 7 nitrogen and oxygen atoms in total. The summed E-state index contributed by atoms with van der Waals surface area (Å²) in [4.78, 5) is 13.6. The van der Waals surface area contributed by atoms with E-state index >= 15 is 0 Å². The van der Waals surface area contributed by atoms with Gasteiger partial charge >= 0.3 is 6.03 Å². The molecule has 1 aliphatic rings. The van der Waals surface area contributed by atoms with Crippen LogP contribution in [-0.4, -0.2) is 57.7 Å². The lowest BCUT2D eigenvalue weighted by molar-refractivity contribution is 0.182. The Kier molecular flexibility index (Phi) is 4.80. The SMILES string of the molecule is CCS(=O)(=O)C1CN(C(=O)Nc2cc(OC)cc(OC)c2)C1. The van der Waals surface area contributed by atoms with Gasteiger partial charge in [0.1, 0.15) is 11.5 Å². The third-order valence-corrected chi connectivity index (χ3v) is 5.77. The van der Waals surface area contributed by atoms with Crippen molar-refractivity contribution in [2.45, 2.75) is 12.2 Å². The number of hydrogen-bond acceptors (Lipinski definition) is 5. The Labute approximate surface area is 130 Å². The van der Waals surface area contributed by atoms with Crippen LogP contribution in [0.2, 0.25) is 0 Å². The van der Waals surface area contributed by atoms with Gasteiger partial charge < -0.3 is 19.7 Å². The summed E-state index contributed by atoms with van der Waals surface area (Å²) in [6, 6.07) is 4.70. The minimum atomic E-state index is -3.08. The molecular formula is C14H20N2O5S. The third kappa shape index (κ3) is 3.44. The molecule has 1 aromatic rings. The number of rotatable bonds is 5. The summed E-state index contributed by atoms with van der Waals surface area (Å²) >= 11 is 0. The maximum Gasteiger partial charge on any atom is 0.321 e. The topological polar surface area (TPSA) is 84.9 Å². The van der Waals surface area contributed by atoms with Gasteiger partial charge in [-0.15, -0.1) is 0 Å². The predicted molar refractivity (Wildman–Crippen MR) is 83.4 cm³/mol. The van der Waals surface area contributed by atoms with Crippen LogP contribution < -0.4 is 14.8 Å². The van der Waals surface area contributed by atoms with Gasteiger partial charge in [-0.05, 0) is 0 Å². The summed E-state index contributed by atoms with van der Waals surface area (Å²) < 4.78 is 33.6. The number of carbonyl (C=O) groups excluding carboxylic acids is 1. The maximum atomic E-state index is 12.1. The molecule has 2 rings (SSSR count). The lowest BCUT2D eigenvalue weighted by Gasteiger charge is -2.38. The highest BCUT2D eigenvalue weighted by Gasteiger charge is 2.38. The molecule has 0 atom stereocenters. The zero-order valence-electron chi connectivity index (χ0n) is 12.8. The van der Waals surface area contributed by atoms with Crippen LogP contribution in [0.3, 0.4) is 0 Å². The average molecular weight is 328 g/mol. The van der Waals surface area contributed by atoms with Gasteiger partial charge in [0.25, 0.3) is 0 Å². The van der Waals surface area contributed by atoms with Crippen LogP contribution >= 0.6 is 0 Å². The number of nitrogens with one attached hydrogen (secondary N) is 1. The van der Waals surface area contributed by atoms with Crippen LogP contribution in [0.1, 0.15) is 6.92 Å². The number of hydrogen-bond donors (Lipinski definition) is 1. The van der Waals surface area contributed by atoms with Crippen molar-refractivity contribution in [2.24, 2.45) is 0 Å². The molecule has 1 heterocycles. The fourth-order valence-electron chi connectivity index (χ4n) is 2.15. The highest BCUT2D eigenvalue weighted by Crippen LogP contribution is 2.26. The van der Waals surface area contributed by atoms with Gasteiger partial charge in [0, 0.05) is 42.7 Å². The number of methoxy groups -OCH3 is 2. The van der Waals surface area contributed by atoms with Crippen LogP contribution in [0.25, 0.3) is 0 Å². The van der Waals surface area contributed by atoms with Crippen LogP contribution in [0.5, 0.6) is 11.5 Å². The second-order valence-electron chi connectivity index (χ2n) is 5.01. The molecule has 0 spiro atoms. The fraction of sp³-hybridized carbons (Fsp3) is 0.500. The van der Waals surface area contributed by atoms with E-state index in [-0.39, 0.29) is 24.9 Å². The highest BCUT2D eigenvalue weighted by atomic mass is 32.2. The van der Waals surface area contributed by atoms with Crippen LogP contribution in [-0.2, 0) is 9.84 Å². The first-order valence-corrected chi connectivity index (χ1v) is 8.61. The molecule has 1 aliphatic heterocycles. The number of carbonyl (C=O) groups is 1. The number of anilines is 1. The summed E-state index contributed by atoms with van der Waals surface area (Å²) in [7, 11) is -0.0361. The quantitative estimate of drug-likeness (QED) is 0.882. The van der Waals surface area contributed by atoms with Gasteiger partial charge in [0.15, 0.2) is 9.84 Å². The predicted octanol–water partition coefficient (Wildman–Crippen LogP) is 1.35. The van der Waals surface area contributed by atoms with Crippen molar-refractivity contribution in [1.29, 1.82) is 0 Å². The third-order valence-electron chi connectivity index (χ3n) is 3.65. The second kappa shape index (κ2) is 6.43. The smallest absolute Gasteiger partial charge is 0.321 e. The normalized spacial score (nSPS) is 15.1. The molecular weight excluding hydrogens is 308 g/mol. The average Bonchev–Trinajstić information content (AvgIpc) is 2.44. The first kappa shape index (κ1) is 16.4. The number of urea groups is 1. The molecule has 2 amide bonds. The molecule has 122 valence electrons. The van der Waals surface area contributed by atoms with Crippen molar-refractivity contribution in [3.05, 3.63) is 18.2 Å². The summed E-state index contributed by atoms with van der Waals surface area (Å²) in [6.07, 6.45) is 0. The molecule has 0 saturated carbocycles. The van der Waals surface area contributed by atoms with Crippen LogP contribution in [0, 0.1) is 0 Å². The molecule has 0 aliphatic carbocycles. The molecule has 1 aromatic carbocycles. The maximum absolute atomic E-state index is 12.1. The van der Waals surface area contributed by atoms with Gasteiger partial charge in [0.05, 0.1) is 19.5 Å². The Morgan fingerprint density at radius 2 is 1.77 bits per heavy atom. The van der Waals surface area contributed by atoms with E-state index in [1.165, 1.54) is 19.1 Å². The van der Waals surface area contributed by atoms with E-state index in [2.05, 4.69) is 5.32 Å². The number of sulfone groups is 1. The fourth-order valence-corrected chi connectivity index (χ4v) is 3.43. The van der Waals surface area contributed by atoms with E-state index in [4.69, 9.17) is 9.47 Å². The van der Waals surface area contributed by atoms with E-state index in [9.17, 15) is 13.2 Å². The molecule has 1 fully saturated rings. The van der Waals surface area contributed by atoms with E-state index in [0.29, 0.717) is 17.2 Å². The molecule has 1 saturated heterocycles. The molecule has 1 N–H and O–H groups in total. The number of benzene rings is 1. The Morgan fingerprint density at radius 3 is 2.23 bits per heavy atom. The molecule has 8 heteroatoms. The van der Waals surface area contributed by atoms with Crippen molar-refractivity contribution in [3.63, 3.8) is 0 Å². The summed E-state index contributed by atoms with van der Waals surface area (Å²) in [5.41, 5.74) is 0.531. The Balaban J connectivity index is 1.99. The highest BCUT2D eigenvalue weighted by molar-refractivity contribution is 7.92. The number of amides is 2. The lowest BCUT2D eigenvalue weighted by atomic mass is 10.2. The van der Waals surface area contributed by atoms with Gasteiger partial charge in [-0.25, -0.2) is 13.2 Å². The second-order valence-corrected chi connectivity index (χ2v) is 7.58. The van der Waals surface area contributed by atoms with Crippen molar-refractivity contribution < 1.29 is 22.7 Å². The molecule has 0 aromatic heterocycles. The molecule has 0 unspecified atom stereocenters. The van der Waals surface area contributed by atoms with E-state index in [1.54, 1.807) is 25.1 Å². The summed E-state index contributed by atoms with van der Waals surface area (Å²) in [6.45, 7) is 2.06. The van der Waals surface area contributed by atoms with Crippen LogP contribution in [0.15, 0.2) is 18.2 Å². The van der Waals surface area contributed by atoms with Gasteiger partial charge in [-0.1, -0.05) is 6.92 Å². The monoisotopic (exact) mass is 328 g/mol. The molecule has 0 radical (unpaired) electrons. The van der Waals surface area contributed by atoms with Crippen molar-refractivity contribution in [1.82, 2.24) is 4.90 Å². The Bertz CT molecular complexity index is 631. The minimum Gasteiger partial charge on any atom is -0.497 e. The molecule has 0 bridgehead atoms. The standard InChI is InChI=1S/C14H20N2O5S/c1-4-22(18,19)13-8-16(9-13)14(17)15-10-5-11(20-2)7-12(6-10)21-3/h5-7,13H,4,8-9H2,1-3H3,(H,15,17). The van der Waals surface area contributed by atoms with E-state index in [1.807, 2.05) is 0 Å². The number of ether oxygens (including phenoxy) is 2. The van der Waals surface area contributed by atoms with Crippen molar-refractivity contribution >= 4 is 21.6 Å². The summed E-state index contributed by atoms with van der Waals surface area (Å²) in [5, 5.41) is 2.26. The number of likely N-dealkylation sites (tertiary alicyclic amines) is 1. The zero-order chi connectivity index (χ0) is 16.3. The lowest BCUT2D eigenvalue weighted by Crippen LogP contribution is -2.58. The minimum absolute atomic E-state index is 0.0974. The van der Waals surface area contributed by atoms with Crippen LogP contribution in [0.4, 0.5) is 10.5 Å².